The highest BCUT2D eigenvalue weighted by atomic mass is 32.2. The minimum absolute atomic E-state index is 0.136. The normalized spacial score (nSPS) is 13.0. The predicted octanol–water partition coefficient (Wildman–Crippen LogP) is 2.32. The lowest BCUT2D eigenvalue weighted by Crippen LogP contribution is -2.22. The van der Waals surface area contributed by atoms with E-state index in [0.717, 1.165) is 17.8 Å². The number of hydrogen-bond acceptors (Lipinski definition) is 3. The van der Waals surface area contributed by atoms with Crippen LogP contribution in [0.3, 0.4) is 0 Å². The van der Waals surface area contributed by atoms with Gasteiger partial charge in [-0.05, 0) is 18.4 Å². The summed E-state index contributed by atoms with van der Waals surface area (Å²) in [6.45, 7) is 5.94. The summed E-state index contributed by atoms with van der Waals surface area (Å²) in [5, 5.41) is 13.1. The Morgan fingerprint density at radius 2 is 2.24 bits per heavy atom. The maximum Gasteiger partial charge on any atom is 0.316 e. The zero-order valence-corrected chi connectivity index (χ0v) is 11.6. The molecule has 1 atom stereocenters. The summed E-state index contributed by atoms with van der Waals surface area (Å²) in [5.41, 5.74) is 2.14. The molecular formula is C12H20N2O2S. The molecule has 0 fully saturated rings. The van der Waals surface area contributed by atoms with Gasteiger partial charge in [0.15, 0.2) is 0 Å². The SMILES string of the molecule is CCc1cc(CSC(C(=O)O)C(C)C)n(C)n1. The van der Waals surface area contributed by atoms with E-state index in [-0.39, 0.29) is 11.2 Å². The number of rotatable bonds is 6. The van der Waals surface area contributed by atoms with Crippen LogP contribution in [0.1, 0.15) is 32.2 Å². The van der Waals surface area contributed by atoms with Gasteiger partial charge in [-0.1, -0.05) is 20.8 Å². The molecule has 1 N–H and O–H groups in total. The summed E-state index contributed by atoms with van der Waals surface area (Å²) in [4.78, 5) is 11.1. The van der Waals surface area contributed by atoms with Crippen LogP contribution in [0.4, 0.5) is 0 Å². The Hall–Kier alpha value is -0.970. The van der Waals surface area contributed by atoms with Crippen LogP contribution >= 0.6 is 11.8 Å². The highest BCUT2D eigenvalue weighted by Crippen LogP contribution is 2.24. The average molecular weight is 256 g/mol. The first-order valence-electron chi connectivity index (χ1n) is 5.81. The number of hydrogen-bond donors (Lipinski definition) is 1. The van der Waals surface area contributed by atoms with E-state index in [4.69, 9.17) is 5.11 Å². The number of carboxylic acids is 1. The Morgan fingerprint density at radius 1 is 1.59 bits per heavy atom. The average Bonchev–Trinajstić information content (AvgIpc) is 2.59. The van der Waals surface area contributed by atoms with Crippen LogP contribution in [0, 0.1) is 5.92 Å². The minimum Gasteiger partial charge on any atom is -0.480 e. The molecule has 0 spiro atoms. The maximum absolute atomic E-state index is 11.1. The van der Waals surface area contributed by atoms with Gasteiger partial charge in [0, 0.05) is 18.5 Å². The molecular weight excluding hydrogens is 236 g/mol. The zero-order valence-electron chi connectivity index (χ0n) is 10.8. The number of aryl methyl sites for hydroxylation is 2. The summed E-state index contributed by atoms with van der Waals surface area (Å²) in [5.74, 6) is 0.0952. The van der Waals surface area contributed by atoms with Crippen molar-refractivity contribution in [1.82, 2.24) is 9.78 Å². The molecule has 1 heterocycles. The molecule has 1 aromatic rings. The van der Waals surface area contributed by atoms with E-state index in [9.17, 15) is 4.79 Å². The highest BCUT2D eigenvalue weighted by molar-refractivity contribution is 7.99. The van der Waals surface area contributed by atoms with Crippen LogP contribution in [-0.2, 0) is 24.0 Å². The quantitative estimate of drug-likeness (QED) is 0.848. The van der Waals surface area contributed by atoms with E-state index in [1.807, 2.05) is 31.6 Å². The van der Waals surface area contributed by atoms with Crippen LogP contribution in [0.15, 0.2) is 6.07 Å². The van der Waals surface area contributed by atoms with Gasteiger partial charge in [0.25, 0.3) is 0 Å². The van der Waals surface area contributed by atoms with Gasteiger partial charge in [-0.15, -0.1) is 11.8 Å². The van der Waals surface area contributed by atoms with Crippen molar-refractivity contribution in [2.24, 2.45) is 13.0 Å². The van der Waals surface area contributed by atoms with E-state index in [2.05, 4.69) is 12.0 Å². The Kier molecular flexibility index (Phi) is 5.05. The smallest absolute Gasteiger partial charge is 0.316 e. The predicted molar refractivity (Wildman–Crippen MR) is 70.1 cm³/mol. The van der Waals surface area contributed by atoms with Gasteiger partial charge in [-0.2, -0.15) is 5.10 Å². The van der Waals surface area contributed by atoms with E-state index >= 15 is 0 Å². The topological polar surface area (TPSA) is 55.1 Å². The monoisotopic (exact) mass is 256 g/mol. The van der Waals surface area contributed by atoms with Gasteiger partial charge >= 0.3 is 5.97 Å². The largest absolute Gasteiger partial charge is 0.480 e. The summed E-state index contributed by atoms with van der Waals surface area (Å²) in [6.07, 6.45) is 0.908. The second kappa shape index (κ2) is 6.10. The fraction of sp³-hybridized carbons (Fsp3) is 0.667. The molecule has 0 amide bonds. The molecule has 0 aromatic carbocycles. The maximum atomic E-state index is 11.1. The molecule has 0 bridgehead atoms. The van der Waals surface area contributed by atoms with Gasteiger partial charge in [-0.25, -0.2) is 0 Å². The molecule has 4 nitrogen and oxygen atoms in total. The van der Waals surface area contributed by atoms with Crippen molar-refractivity contribution in [2.45, 2.75) is 38.2 Å². The van der Waals surface area contributed by atoms with Crippen molar-refractivity contribution in [3.63, 3.8) is 0 Å². The van der Waals surface area contributed by atoms with Crippen LogP contribution in [-0.4, -0.2) is 26.1 Å². The lowest BCUT2D eigenvalue weighted by molar-refractivity contribution is -0.137. The summed E-state index contributed by atoms with van der Waals surface area (Å²) >= 11 is 1.47. The second-order valence-electron chi connectivity index (χ2n) is 4.42. The van der Waals surface area contributed by atoms with E-state index in [1.54, 1.807) is 0 Å². The molecule has 0 saturated heterocycles. The van der Waals surface area contributed by atoms with Gasteiger partial charge < -0.3 is 5.11 Å². The lowest BCUT2D eigenvalue weighted by atomic mass is 10.1. The van der Waals surface area contributed by atoms with Gasteiger partial charge in [0.1, 0.15) is 5.25 Å². The van der Waals surface area contributed by atoms with Crippen molar-refractivity contribution in [2.75, 3.05) is 0 Å². The van der Waals surface area contributed by atoms with Crippen molar-refractivity contribution >= 4 is 17.7 Å². The molecule has 17 heavy (non-hydrogen) atoms. The number of nitrogens with zero attached hydrogens (tertiary/aromatic N) is 2. The standard InChI is InChI=1S/C12H20N2O2S/c1-5-9-6-10(14(4)13-9)7-17-11(8(2)3)12(15)16/h6,8,11H,5,7H2,1-4H3,(H,15,16). The molecule has 1 aromatic heterocycles. The Labute approximate surface area is 106 Å². The summed E-state index contributed by atoms with van der Waals surface area (Å²) < 4.78 is 1.84. The number of thioether (sulfide) groups is 1. The molecule has 1 unspecified atom stereocenters. The fourth-order valence-corrected chi connectivity index (χ4v) is 2.75. The van der Waals surface area contributed by atoms with Crippen molar-refractivity contribution in [1.29, 1.82) is 0 Å². The van der Waals surface area contributed by atoms with Crippen LogP contribution in [0.5, 0.6) is 0 Å². The third-order valence-corrected chi connectivity index (χ3v) is 4.22. The van der Waals surface area contributed by atoms with Crippen LogP contribution in [0.2, 0.25) is 0 Å². The third-order valence-electron chi connectivity index (χ3n) is 2.65. The second-order valence-corrected chi connectivity index (χ2v) is 5.55. The Bertz CT molecular complexity index is 388. The van der Waals surface area contributed by atoms with Gasteiger partial charge in [-0.3, -0.25) is 9.48 Å². The Balaban J connectivity index is 2.65. The number of aromatic nitrogens is 2. The molecule has 0 aliphatic rings. The first-order valence-corrected chi connectivity index (χ1v) is 6.86. The third kappa shape index (κ3) is 3.77. The molecule has 96 valence electrons. The van der Waals surface area contributed by atoms with Crippen molar-refractivity contribution < 1.29 is 9.90 Å². The number of carboxylic acid groups (broad SMARTS) is 1. The van der Waals surface area contributed by atoms with E-state index in [1.165, 1.54) is 11.8 Å². The fourth-order valence-electron chi connectivity index (χ4n) is 1.60. The summed E-state index contributed by atoms with van der Waals surface area (Å²) in [7, 11) is 1.90. The lowest BCUT2D eigenvalue weighted by Gasteiger charge is -2.15. The minimum atomic E-state index is -0.733. The first kappa shape index (κ1) is 14.1. The Morgan fingerprint density at radius 3 is 2.65 bits per heavy atom. The van der Waals surface area contributed by atoms with Gasteiger partial charge in [0.05, 0.1) is 5.69 Å². The van der Waals surface area contributed by atoms with E-state index in [0.29, 0.717) is 5.75 Å². The highest BCUT2D eigenvalue weighted by Gasteiger charge is 2.22. The molecule has 0 radical (unpaired) electrons. The van der Waals surface area contributed by atoms with Crippen molar-refractivity contribution in [3.8, 4) is 0 Å². The summed E-state index contributed by atoms with van der Waals surface area (Å²) in [6, 6.07) is 2.05. The van der Waals surface area contributed by atoms with Crippen LogP contribution in [0.25, 0.3) is 0 Å². The first-order chi connectivity index (χ1) is 7.95. The van der Waals surface area contributed by atoms with Crippen molar-refractivity contribution in [3.05, 3.63) is 17.5 Å². The van der Waals surface area contributed by atoms with E-state index < -0.39 is 5.97 Å². The molecule has 5 heteroatoms. The molecule has 0 saturated carbocycles. The molecule has 1 rings (SSSR count). The van der Waals surface area contributed by atoms with Gasteiger partial charge in [0.2, 0.25) is 0 Å². The number of carbonyl (C=O) groups is 1. The molecule has 0 aliphatic heterocycles. The van der Waals surface area contributed by atoms with Crippen LogP contribution < -0.4 is 0 Å². The number of aliphatic carboxylic acids is 1. The molecule has 0 aliphatic carbocycles. The zero-order chi connectivity index (χ0) is 13.0.